The van der Waals surface area contributed by atoms with E-state index in [1.165, 1.54) is 0 Å². The van der Waals surface area contributed by atoms with Gasteiger partial charge in [0, 0.05) is 37.3 Å². The normalized spacial score (nSPS) is 10.6. The predicted octanol–water partition coefficient (Wildman–Crippen LogP) is 3.84. The van der Waals surface area contributed by atoms with Crippen LogP contribution in [0.4, 0.5) is 5.69 Å². The van der Waals surface area contributed by atoms with Crippen molar-refractivity contribution in [3.63, 3.8) is 0 Å². The summed E-state index contributed by atoms with van der Waals surface area (Å²) in [6.45, 7) is 2.27. The minimum absolute atomic E-state index is 0.0462. The van der Waals surface area contributed by atoms with Crippen LogP contribution in [0.1, 0.15) is 26.3 Å². The van der Waals surface area contributed by atoms with Gasteiger partial charge in [0.05, 0.1) is 24.5 Å². The number of aldehydes is 1. The van der Waals surface area contributed by atoms with Gasteiger partial charge in [0.1, 0.15) is 0 Å². The number of nitriles is 1. The molecule has 0 aliphatic rings. The Morgan fingerprint density at radius 2 is 1.77 bits per heavy atom. The molecule has 7 nitrogen and oxygen atoms in total. The van der Waals surface area contributed by atoms with Gasteiger partial charge in [-0.15, -0.1) is 0 Å². The van der Waals surface area contributed by atoms with Crippen molar-refractivity contribution in [2.75, 3.05) is 33.2 Å². The Morgan fingerprint density at radius 3 is 2.51 bits per heavy atom. The molecule has 0 fully saturated rings. The highest BCUT2D eigenvalue weighted by Crippen LogP contribution is 2.22. The van der Waals surface area contributed by atoms with Crippen molar-refractivity contribution >= 4 is 24.2 Å². The maximum atomic E-state index is 13.2. The molecule has 0 heterocycles. The van der Waals surface area contributed by atoms with Gasteiger partial charge in [-0.3, -0.25) is 9.59 Å². The van der Waals surface area contributed by atoms with Crippen molar-refractivity contribution in [3.05, 3.63) is 89.5 Å². The number of nitrogens with zero attached hydrogens (tertiary/aromatic N) is 3. The monoisotopic (exact) mass is 467 g/mol. The third-order valence-electron chi connectivity index (χ3n) is 5.48. The first-order chi connectivity index (χ1) is 17.2. The standard InChI is InChI=1S/C28H29N5O2/c1-30-15-17-33(18-16-31-21-32-27-8-3-2-6-26(27)20-34)28(35)24-11-9-23(10-12-24)25-7-4-5-22(19-25)13-14-29/h2-12,19-21,30H,13,15-18H2,1H3,(H,31,32). The number of amides is 1. The number of rotatable bonds is 12. The molecule has 0 atom stereocenters. The Kier molecular flexibility index (Phi) is 9.73. The molecule has 3 aromatic rings. The lowest BCUT2D eigenvalue weighted by Crippen LogP contribution is -2.40. The fraction of sp³-hybridized carbons (Fsp3) is 0.214. The topological polar surface area (TPSA) is 97.6 Å². The Bertz CT molecular complexity index is 1200. The molecule has 0 aromatic heterocycles. The van der Waals surface area contributed by atoms with Crippen LogP contribution in [-0.4, -0.2) is 56.7 Å². The zero-order valence-corrected chi connectivity index (χ0v) is 19.8. The molecule has 178 valence electrons. The van der Waals surface area contributed by atoms with Gasteiger partial charge in [0.15, 0.2) is 6.29 Å². The fourth-order valence-electron chi connectivity index (χ4n) is 3.59. The third kappa shape index (κ3) is 7.36. The summed E-state index contributed by atoms with van der Waals surface area (Å²) in [4.78, 5) is 30.4. The van der Waals surface area contributed by atoms with Crippen LogP contribution in [0.5, 0.6) is 0 Å². The second-order valence-electron chi connectivity index (χ2n) is 7.90. The van der Waals surface area contributed by atoms with Gasteiger partial charge < -0.3 is 15.5 Å². The number of likely N-dealkylation sites (N-methyl/N-ethyl adjacent to an activating group) is 1. The van der Waals surface area contributed by atoms with Crippen molar-refractivity contribution in [2.45, 2.75) is 6.42 Å². The lowest BCUT2D eigenvalue weighted by molar-refractivity contribution is 0.0760. The highest BCUT2D eigenvalue weighted by molar-refractivity contribution is 5.94. The molecular formula is C28H29N5O2. The number of carbonyl (C=O) groups is 2. The summed E-state index contributed by atoms with van der Waals surface area (Å²) in [5, 5.41) is 15.1. The molecule has 0 saturated carbocycles. The molecule has 35 heavy (non-hydrogen) atoms. The largest absolute Gasteiger partial charge is 0.374 e. The lowest BCUT2D eigenvalue weighted by Gasteiger charge is -2.23. The van der Waals surface area contributed by atoms with Gasteiger partial charge in [0.25, 0.3) is 5.91 Å². The maximum Gasteiger partial charge on any atom is 0.253 e. The molecule has 1 amide bonds. The molecule has 0 spiro atoms. The first-order valence-corrected chi connectivity index (χ1v) is 11.5. The van der Waals surface area contributed by atoms with Gasteiger partial charge in [-0.1, -0.05) is 48.5 Å². The van der Waals surface area contributed by atoms with E-state index in [4.69, 9.17) is 5.26 Å². The predicted molar refractivity (Wildman–Crippen MR) is 139 cm³/mol. The van der Waals surface area contributed by atoms with Crippen molar-refractivity contribution in [1.29, 1.82) is 5.26 Å². The zero-order valence-electron chi connectivity index (χ0n) is 19.8. The van der Waals surface area contributed by atoms with E-state index < -0.39 is 0 Å². The second-order valence-corrected chi connectivity index (χ2v) is 7.90. The van der Waals surface area contributed by atoms with E-state index in [9.17, 15) is 9.59 Å². The number of hydrogen-bond donors (Lipinski definition) is 2. The van der Waals surface area contributed by atoms with E-state index in [0.717, 1.165) is 23.0 Å². The summed E-state index contributed by atoms with van der Waals surface area (Å²) < 4.78 is 0. The minimum Gasteiger partial charge on any atom is -0.374 e. The molecule has 0 saturated heterocycles. The lowest BCUT2D eigenvalue weighted by atomic mass is 10.0. The quantitative estimate of drug-likeness (QED) is 0.183. The SMILES string of the molecule is CNCCN(CCN/C=N/c1ccccc1C=O)C(=O)c1ccc(-c2cccc(CC#N)c2)cc1. The molecule has 0 aliphatic carbocycles. The smallest absolute Gasteiger partial charge is 0.253 e. The van der Waals surface area contributed by atoms with Gasteiger partial charge in [-0.05, 0) is 48.0 Å². The highest BCUT2D eigenvalue weighted by Gasteiger charge is 2.15. The summed E-state index contributed by atoms with van der Waals surface area (Å²) in [5.41, 5.74) is 4.72. The molecule has 0 bridgehead atoms. The average Bonchev–Trinajstić information content (AvgIpc) is 2.90. The first-order valence-electron chi connectivity index (χ1n) is 11.5. The number of carbonyl (C=O) groups excluding carboxylic acids is 2. The van der Waals surface area contributed by atoms with E-state index in [1.54, 1.807) is 29.4 Å². The molecule has 2 N–H and O–H groups in total. The summed E-state index contributed by atoms with van der Waals surface area (Å²) in [6, 6.07) is 24.7. The second kappa shape index (κ2) is 13.4. The van der Waals surface area contributed by atoms with E-state index in [2.05, 4.69) is 21.7 Å². The average molecular weight is 468 g/mol. The van der Waals surface area contributed by atoms with Crippen LogP contribution < -0.4 is 10.6 Å². The van der Waals surface area contributed by atoms with E-state index in [0.29, 0.717) is 49.4 Å². The van der Waals surface area contributed by atoms with Crippen molar-refractivity contribution < 1.29 is 9.59 Å². The first kappa shape index (κ1) is 25.3. The maximum absolute atomic E-state index is 13.2. The summed E-state index contributed by atoms with van der Waals surface area (Å²) >= 11 is 0. The number of benzene rings is 3. The molecule has 0 radical (unpaired) electrons. The van der Waals surface area contributed by atoms with E-state index in [1.807, 2.05) is 61.6 Å². The van der Waals surface area contributed by atoms with Crippen LogP contribution in [-0.2, 0) is 6.42 Å². The van der Waals surface area contributed by atoms with Gasteiger partial charge in [0.2, 0.25) is 0 Å². The summed E-state index contributed by atoms with van der Waals surface area (Å²) in [5.74, 6) is -0.0462. The Morgan fingerprint density at radius 1 is 1.00 bits per heavy atom. The Hall–Kier alpha value is -4.28. The Labute approximate surface area is 206 Å². The third-order valence-corrected chi connectivity index (χ3v) is 5.48. The molecule has 0 aliphatic heterocycles. The Balaban J connectivity index is 1.62. The molecular weight excluding hydrogens is 438 g/mol. The molecule has 7 heteroatoms. The van der Waals surface area contributed by atoms with Crippen LogP contribution in [0, 0.1) is 11.3 Å². The summed E-state index contributed by atoms with van der Waals surface area (Å²) in [6.07, 6.45) is 2.70. The molecule has 0 unspecified atom stereocenters. The van der Waals surface area contributed by atoms with Crippen LogP contribution in [0.15, 0.2) is 77.8 Å². The fourth-order valence-corrected chi connectivity index (χ4v) is 3.59. The number of hydrogen-bond acceptors (Lipinski definition) is 5. The number of para-hydroxylation sites is 1. The van der Waals surface area contributed by atoms with Gasteiger partial charge in [-0.25, -0.2) is 4.99 Å². The van der Waals surface area contributed by atoms with Crippen molar-refractivity contribution in [1.82, 2.24) is 15.5 Å². The number of nitrogens with one attached hydrogen (secondary N) is 2. The van der Waals surface area contributed by atoms with Gasteiger partial charge in [-0.2, -0.15) is 5.26 Å². The highest BCUT2D eigenvalue weighted by atomic mass is 16.2. The van der Waals surface area contributed by atoms with Crippen LogP contribution >= 0.6 is 0 Å². The summed E-state index contributed by atoms with van der Waals surface area (Å²) in [7, 11) is 1.85. The van der Waals surface area contributed by atoms with Gasteiger partial charge >= 0.3 is 0 Å². The number of aliphatic imine (C=N–C) groups is 1. The minimum atomic E-state index is -0.0462. The van der Waals surface area contributed by atoms with Crippen molar-refractivity contribution in [3.8, 4) is 17.2 Å². The van der Waals surface area contributed by atoms with Crippen LogP contribution in [0.3, 0.4) is 0 Å². The van der Waals surface area contributed by atoms with Crippen LogP contribution in [0.25, 0.3) is 11.1 Å². The van der Waals surface area contributed by atoms with Crippen LogP contribution in [0.2, 0.25) is 0 Å². The molecule has 3 rings (SSSR count). The van der Waals surface area contributed by atoms with E-state index >= 15 is 0 Å². The zero-order chi connectivity index (χ0) is 24.9. The van der Waals surface area contributed by atoms with E-state index in [-0.39, 0.29) is 5.91 Å². The molecule has 3 aromatic carbocycles. The van der Waals surface area contributed by atoms with Crippen molar-refractivity contribution in [2.24, 2.45) is 4.99 Å².